The van der Waals surface area contributed by atoms with Crippen LogP contribution in [0.4, 0.5) is 17.1 Å². The summed E-state index contributed by atoms with van der Waals surface area (Å²) in [5.74, 6) is 0.720. The van der Waals surface area contributed by atoms with E-state index >= 15 is 0 Å². The van der Waals surface area contributed by atoms with Crippen LogP contribution in [0.5, 0.6) is 0 Å². The molecular formula is C15H19N3O3. The molecule has 1 fully saturated rings. The van der Waals surface area contributed by atoms with E-state index in [4.69, 9.17) is 0 Å². The molecule has 0 saturated heterocycles. The van der Waals surface area contributed by atoms with Gasteiger partial charge in [-0.05, 0) is 37.3 Å². The number of nitrogens with zero attached hydrogens (tertiary/aromatic N) is 1. The normalized spacial score (nSPS) is 18.6. The molecule has 2 N–H and O–H groups in total. The molecule has 112 valence electrons. The first-order chi connectivity index (χ1) is 10.0. The lowest BCUT2D eigenvalue weighted by molar-refractivity contribution is -0.384. The number of benzene rings is 1. The SMILES string of the molecule is CC(CC1CC1)Nc1cc2c(cc1[N+](=O)[O-])CCC(=O)N2. The fourth-order valence-corrected chi connectivity index (χ4v) is 2.86. The summed E-state index contributed by atoms with van der Waals surface area (Å²) in [6, 6.07) is 3.48. The van der Waals surface area contributed by atoms with Crippen LogP contribution in [-0.4, -0.2) is 16.9 Å². The van der Waals surface area contributed by atoms with Crippen LogP contribution in [0.1, 0.15) is 38.2 Å². The lowest BCUT2D eigenvalue weighted by Gasteiger charge is -2.20. The summed E-state index contributed by atoms with van der Waals surface area (Å²) >= 11 is 0. The quantitative estimate of drug-likeness (QED) is 0.644. The average Bonchev–Trinajstić information content (AvgIpc) is 3.21. The van der Waals surface area contributed by atoms with Gasteiger partial charge in [-0.3, -0.25) is 14.9 Å². The number of nitrogens with one attached hydrogen (secondary N) is 2. The van der Waals surface area contributed by atoms with E-state index in [1.807, 2.05) is 6.92 Å². The number of carbonyl (C=O) groups is 1. The molecule has 2 aliphatic rings. The average molecular weight is 289 g/mol. The number of nitro groups is 1. The first-order valence-corrected chi connectivity index (χ1v) is 7.40. The summed E-state index contributed by atoms with van der Waals surface area (Å²) < 4.78 is 0. The minimum absolute atomic E-state index is 0.0340. The van der Waals surface area contributed by atoms with Gasteiger partial charge in [0.25, 0.3) is 5.69 Å². The van der Waals surface area contributed by atoms with Gasteiger partial charge in [-0.2, -0.15) is 0 Å². The van der Waals surface area contributed by atoms with Crippen LogP contribution >= 0.6 is 0 Å². The van der Waals surface area contributed by atoms with Gasteiger partial charge in [0.2, 0.25) is 5.91 Å². The monoisotopic (exact) mass is 289 g/mol. The molecule has 1 aromatic carbocycles. The second-order valence-corrected chi connectivity index (χ2v) is 6.06. The molecule has 1 amide bonds. The van der Waals surface area contributed by atoms with Crippen LogP contribution in [0.25, 0.3) is 0 Å². The molecule has 1 aliphatic carbocycles. The van der Waals surface area contributed by atoms with Crippen LogP contribution in [0.3, 0.4) is 0 Å². The Kier molecular flexibility index (Phi) is 3.53. The zero-order chi connectivity index (χ0) is 15.0. The smallest absolute Gasteiger partial charge is 0.292 e. The minimum atomic E-state index is -0.358. The summed E-state index contributed by atoms with van der Waals surface area (Å²) in [5, 5.41) is 17.3. The van der Waals surface area contributed by atoms with Crippen molar-refractivity contribution in [2.75, 3.05) is 10.6 Å². The van der Waals surface area contributed by atoms with Gasteiger partial charge in [0.1, 0.15) is 5.69 Å². The number of aryl methyl sites for hydroxylation is 1. The summed E-state index contributed by atoms with van der Waals surface area (Å²) in [4.78, 5) is 22.4. The zero-order valence-electron chi connectivity index (χ0n) is 12.0. The predicted molar refractivity (Wildman–Crippen MR) is 80.5 cm³/mol. The number of hydrogen-bond acceptors (Lipinski definition) is 4. The Labute approximate surface area is 123 Å². The van der Waals surface area contributed by atoms with Gasteiger partial charge in [-0.1, -0.05) is 12.8 Å². The van der Waals surface area contributed by atoms with E-state index < -0.39 is 0 Å². The van der Waals surface area contributed by atoms with E-state index in [1.54, 1.807) is 12.1 Å². The molecule has 1 atom stereocenters. The fourth-order valence-electron chi connectivity index (χ4n) is 2.86. The summed E-state index contributed by atoms with van der Waals surface area (Å²) in [7, 11) is 0. The van der Waals surface area contributed by atoms with E-state index in [0.717, 1.165) is 17.9 Å². The number of hydrogen-bond donors (Lipinski definition) is 2. The van der Waals surface area contributed by atoms with Gasteiger partial charge in [0, 0.05) is 24.2 Å². The van der Waals surface area contributed by atoms with Crippen molar-refractivity contribution in [2.24, 2.45) is 5.92 Å². The molecule has 1 heterocycles. The molecule has 1 unspecified atom stereocenters. The van der Waals surface area contributed by atoms with Crippen molar-refractivity contribution in [1.82, 2.24) is 0 Å². The minimum Gasteiger partial charge on any atom is -0.377 e. The standard InChI is InChI=1S/C15H19N3O3/c1-9(6-10-2-3-10)16-13-8-12-11(4-5-15(19)17-12)7-14(13)18(20)21/h7-10,16H,2-6H2,1H3,(H,17,19). The summed E-state index contributed by atoms with van der Waals surface area (Å²) in [6.07, 6.45) is 4.48. The van der Waals surface area contributed by atoms with Crippen LogP contribution in [0, 0.1) is 16.0 Å². The van der Waals surface area contributed by atoms with Crippen molar-refractivity contribution in [3.05, 3.63) is 27.8 Å². The van der Waals surface area contributed by atoms with Crippen molar-refractivity contribution in [3.8, 4) is 0 Å². The Morgan fingerprint density at radius 2 is 2.19 bits per heavy atom. The van der Waals surface area contributed by atoms with Crippen LogP contribution < -0.4 is 10.6 Å². The second kappa shape index (κ2) is 5.35. The molecule has 3 rings (SSSR count). The zero-order valence-corrected chi connectivity index (χ0v) is 12.0. The summed E-state index contributed by atoms with van der Waals surface area (Å²) in [6.45, 7) is 2.04. The van der Waals surface area contributed by atoms with Crippen molar-refractivity contribution in [2.45, 2.75) is 45.1 Å². The lowest BCUT2D eigenvalue weighted by Crippen LogP contribution is -2.21. The molecule has 1 saturated carbocycles. The van der Waals surface area contributed by atoms with Gasteiger partial charge >= 0.3 is 0 Å². The topological polar surface area (TPSA) is 84.3 Å². The molecule has 0 spiro atoms. The first kappa shape index (κ1) is 13.9. The molecule has 0 radical (unpaired) electrons. The predicted octanol–water partition coefficient (Wildman–Crippen LogP) is 3.08. The van der Waals surface area contributed by atoms with Gasteiger partial charge in [0.05, 0.1) is 4.92 Å². The van der Waals surface area contributed by atoms with E-state index in [0.29, 0.717) is 24.2 Å². The Hall–Kier alpha value is -2.11. The van der Waals surface area contributed by atoms with Crippen LogP contribution in [0.15, 0.2) is 12.1 Å². The van der Waals surface area contributed by atoms with Crippen LogP contribution in [-0.2, 0) is 11.2 Å². The third-order valence-electron chi connectivity index (χ3n) is 4.10. The Morgan fingerprint density at radius 1 is 1.43 bits per heavy atom. The molecule has 6 nitrogen and oxygen atoms in total. The lowest BCUT2D eigenvalue weighted by atomic mass is 10.0. The maximum absolute atomic E-state index is 11.5. The van der Waals surface area contributed by atoms with Gasteiger partial charge in [-0.15, -0.1) is 0 Å². The highest BCUT2D eigenvalue weighted by atomic mass is 16.6. The Balaban J connectivity index is 1.87. The molecule has 0 bridgehead atoms. The van der Waals surface area contributed by atoms with E-state index in [9.17, 15) is 14.9 Å². The molecule has 21 heavy (non-hydrogen) atoms. The van der Waals surface area contributed by atoms with E-state index in [-0.39, 0.29) is 22.6 Å². The fraction of sp³-hybridized carbons (Fsp3) is 0.533. The second-order valence-electron chi connectivity index (χ2n) is 6.06. The van der Waals surface area contributed by atoms with E-state index in [2.05, 4.69) is 10.6 Å². The summed E-state index contributed by atoms with van der Waals surface area (Å²) in [5.41, 5.74) is 2.11. The van der Waals surface area contributed by atoms with Gasteiger partial charge in [-0.25, -0.2) is 0 Å². The van der Waals surface area contributed by atoms with Gasteiger partial charge < -0.3 is 10.6 Å². The number of anilines is 2. The van der Waals surface area contributed by atoms with Crippen molar-refractivity contribution < 1.29 is 9.72 Å². The third-order valence-corrected chi connectivity index (χ3v) is 4.10. The van der Waals surface area contributed by atoms with E-state index in [1.165, 1.54) is 12.8 Å². The highest BCUT2D eigenvalue weighted by Crippen LogP contribution is 2.37. The first-order valence-electron chi connectivity index (χ1n) is 7.40. The highest BCUT2D eigenvalue weighted by molar-refractivity contribution is 5.95. The molecule has 6 heteroatoms. The molecular weight excluding hydrogens is 270 g/mol. The number of amides is 1. The van der Waals surface area contributed by atoms with Gasteiger partial charge in [0.15, 0.2) is 0 Å². The molecule has 0 aromatic heterocycles. The molecule has 1 aliphatic heterocycles. The number of rotatable bonds is 5. The van der Waals surface area contributed by atoms with Crippen molar-refractivity contribution >= 4 is 23.0 Å². The maximum Gasteiger partial charge on any atom is 0.292 e. The highest BCUT2D eigenvalue weighted by Gasteiger charge is 2.26. The molecule has 1 aromatic rings. The number of fused-ring (bicyclic) bond motifs is 1. The Morgan fingerprint density at radius 3 is 2.86 bits per heavy atom. The number of carbonyl (C=O) groups excluding carboxylic acids is 1. The largest absolute Gasteiger partial charge is 0.377 e. The van der Waals surface area contributed by atoms with Crippen molar-refractivity contribution in [1.29, 1.82) is 0 Å². The third kappa shape index (κ3) is 3.15. The Bertz CT molecular complexity index is 596. The van der Waals surface area contributed by atoms with Crippen LogP contribution in [0.2, 0.25) is 0 Å². The maximum atomic E-state index is 11.5. The number of nitro benzene ring substituents is 1. The van der Waals surface area contributed by atoms with Crippen molar-refractivity contribution in [3.63, 3.8) is 0 Å².